The molecular weight excluding hydrogens is 302 g/mol. The van der Waals surface area contributed by atoms with E-state index in [1.807, 2.05) is 13.8 Å². The molecule has 0 amide bonds. The molecule has 3 aromatic rings. The number of benzene rings is 1. The number of hydrogen-bond donors (Lipinski definition) is 2. The Morgan fingerprint density at radius 2 is 2.04 bits per heavy atom. The summed E-state index contributed by atoms with van der Waals surface area (Å²) in [6.45, 7) is 7.09. The number of nitrogens with zero attached hydrogens (tertiary/aromatic N) is 3. The quantitative estimate of drug-likeness (QED) is 0.752. The zero-order valence-corrected chi connectivity index (χ0v) is 14.3. The van der Waals surface area contributed by atoms with E-state index >= 15 is 0 Å². The van der Waals surface area contributed by atoms with E-state index in [0.717, 1.165) is 34.3 Å². The number of hydrogen-bond acceptors (Lipinski definition) is 5. The maximum Gasteiger partial charge on any atom is 0.221 e. The van der Waals surface area contributed by atoms with Crippen molar-refractivity contribution >= 4 is 22.7 Å². The van der Waals surface area contributed by atoms with E-state index in [2.05, 4.69) is 45.9 Å². The lowest BCUT2D eigenvalue weighted by Gasteiger charge is -2.14. The molecule has 126 valence electrons. The molecule has 1 aromatic carbocycles. The molecule has 0 saturated carbocycles. The van der Waals surface area contributed by atoms with Crippen LogP contribution in [0, 0.1) is 0 Å². The number of fused-ring (bicyclic) bond motifs is 1. The summed E-state index contributed by atoms with van der Waals surface area (Å²) in [6, 6.07) is 6.33. The van der Waals surface area contributed by atoms with Crippen molar-refractivity contribution < 1.29 is 4.74 Å². The Hall–Kier alpha value is -2.76. The minimum absolute atomic E-state index is 0.110. The van der Waals surface area contributed by atoms with Crippen LogP contribution in [0.15, 0.2) is 30.6 Å². The monoisotopic (exact) mass is 325 g/mol. The van der Waals surface area contributed by atoms with Crippen molar-refractivity contribution in [2.24, 2.45) is 0 Å². The molecular formula is C18H23N5O. The standard InChI is InChI=1S/C18H23N5O/c1-4-23-6-5-14-15(23)8-12(9-16(14)24-11(2)3)7-13-10-21-18(20)22-17(13)19/h5-6,8-11H,4,7H2,1-3H3,(H4,19,20,21,22). The van der Waals surface area contributed by atoms with Crippen molar-refractivity contribution in [2.45, 2.75) is 39.8 Å². The molecule has 24 heavy (non-hydrogen) atoms. The third kappa shape index (κ3) is 3.13. The van der Waals surface area contributed by atoms with Crippen molar-refractivity contribution in [2.75, 3.05) is 11.5 Å². The van der Waals surface area contributed by atoms with Crippen LogP contribution in [-0.4, -0.2) is 20.6 Å². The SMILES string of the molecule is CCn1ccc2c(OC(C)C)cc(Cc3cnc(N)nc3N)cc21. The first kappa shape index (κ1) is 16.1. The van der Waals surface area contributed by atoms with Crippen LogP contribution in [0.2, 0.25) is 0 Å². The summed E-state index contributed by atoms with van der Waals surface area (Å²) < 4.78 is 8.22. The molecule has 0 bridgehead atoms. The van der Waals surface area contributed by atoms with Crippen LogP contribution in [0.4, 0.5) is 11.8 Å². The fourth-order valence-corrected chi connectivity index (χ4v) is 2.84. The number of nitrogens with two attached hydrogens (primary N) is 2. The van der Waals surface area contributed by atoms with Crippen molar-refractivity contribution in [3.8, 4) is 5.75 Å². The van der Waals surface area contributed by atoms with Gasteiger partial charge >= 0.3 is 0 Å². The Kier molecular flexibility index (Phi) is 4.29. The van der Waals surface area contributed by atoms with Crippen LogP contribution in [-0.2, 0) is 13.0 Å². The van der Waals surface area contributed by atoms with Gasteiger partial charge in [0.1, 0.15) is 11.6 Å². The summed E-state index contributed by atoms with van der Waals surface area (Å²) in [6.07, 6.45) is 4.51. The molecule has 0 fully saturated rings. The van der Waals surface area contributed by atoms with Crippen molar-refractivity contribution in [1.82, 2.24) is 14.5 Å². The van der Waals surface area contributed by atoms with Gasteiger partial charge in [-0.2, -0.15) is 4.98 Å². The van der Waals surface area contributed by atoms with Crippen molar-refractivity contribution in [1.29, 1.82) is 0 Å². The average molecular weight is 325 g/mol. The molecule has 0 aliphatic rings. The zero-order chi connectivity index (χ0) is 17.3. The first-order chi connectivity index (χ1) is 11.5. The number of aryl methyl sites for hydroxylation is 1. The summed E-state index contributed by atoms with van der Waals surface area (Å²) in [5, 5.41) is 1.12. The Morgan fingerprint density at radius 1 is 1.25 bits per heavy atom. The number of anilines is 2. The molecule has 2 heterocycles. The molecule has 3 rings (SSSR count). The van der Waals surface area contributed by atoms with Crippen LogP contribution in [0.1, 0.15) is 31.9 Å². The highest BCUT2D eigenvalue weighted by atomic mass is 16.5. The van der Waals surface area contributed by atoms with Gasteiger partial charge in [0.05, 0.1) is 11.6 Å². The molecule has 6 heteroatoms. The lowest BCUT2D eigenvalue weighted by molar-refractivity contribution is 0.245. The number of aromatic nitrogens is 3. The van der Waals surface area contributed by atoms with Gasteiger partial charge in [-0.25, -0.2) is 4.98 Å². The summed E-state index contributed by atoms with van der Waals surface area (Å²) in [5.41, 5.74) is 14.7. The molecule has 0 unspecified atom stereocenters. The highest BCUT2D eigenvalue weighted by Crippen LogP contribution is 2.31. The van der Waals surface area contributed by atoms with Gasteiger partial charge in [-0.3, -0.25) is 0 Å². The molecule has 6 nitrogen and oxygen atoms in total. The van der Waals surface area contributed by atoms with Gasteiger partial charge in [-0.1, -0.05) is 0 Å². The minimum Gasteiger partial charge on any atom is -0.490 e. The lowest BCUT2D eigenvalue weighted by Crippen LogP contribution is -2.07. The Morgan fingerprint density at radius 3 is 2.71 bits per heavy atom. The molecule has 0 aliphatic heterocycles. The molecule has 2 aromatic heterocycles. The lowest BCUT2D eigenvalue weighted by atomic mass is 10.0. The average Bonchev–Trinajstić information content (AvgIpc) is 2.93. The second-order valence-electron chi connectivity index (χ2n) is 6.11. The van der Waals surface area contributed by atoms with Gasteiger partial charge in [0.2, 0.25) is 5.95 Å². The maximum atomic E-state index is 6.02. The number of nitrogen functional groups attached to an aromatic ring is 2. The third-order valence-electron chi connectivity index (χ3n) is 3.93. The van der Waals surface area contributed by atoms with Crippen LogP contribution in [0.3, 0.4) is 0 Å². The highest BCUT2D eigenvalue weighted by Gasteiger charge is 2.12. The molecule has 0 spiro atoms. The van der Waals surface area contributed by atoms with E-state index in [1.54, 1.807) is 6.20 Å². The van der Waals surface area contributed by atoms with E-state index < -0.39 is 0 Å². The largest absolute Gasteiger partial charge is 0.490 e. The fraction of sp³-hybridized carbons (Fsp3) is 0.333. The van der Waals surface area contributed by atoms with Gasteiger partial charge < -0.3 is 20.8 Å². The van der Waals surface area contributed by atoms with E-state index in [0.29, 0.717) is 12.2 Å². The summed E-state index contributed by atoms with van der Waals surface area (Å²) in [7, 11) is 0. The molecule has 0 saturated heterocycles. The van der Waals surface area contributed by atoms with Gasteiger partial charge in [-0.05, 0) is 44.5 Å². The number of ether oxygens (including phenoxy) is 1. The predicted molar refractivity (Wildman–Crippen MR) is 97.0 cm³/mol. The smallest absolute Gasteiger partial charge is 0.221 e. The van der Waals surface area contributed by atoms with E-state index in [1.165, 1.54) is 0 Å². The Balaban J connectivity index is 2.06. The zero-order valence-electron chi connectivity index (χ0n) is 14.3. The number of rotatable bonds is 5. The van der Waals surface area contributed by atoms with Crippen molar-refractivity contribution in [3.05, 3.63) is 41.7 Å². The molecule has 0 radical (unpaired) electrons. The first-order valence-corrected chi connectivity index (χ1v) is 8.13. The normalized spacial score (nSPS) is 11.3. The molecule has 0 aliphatic carbocycles. The highest BCUT2D eigenvalue weighted by molar-refractivity contribution is 5.87. The molecule has 4 N–H and O–H groups in total. The fourth-order valence-electron chi connectivity index (χ4n) is 2.84. The first-order valence-electron chi connectivity index (χ1n) is 8.13. The molecule has 0 atom stereocenters. The van der Waals surface area contributed by atoms with E-state index in [9.17, 15) is 0 Å². The summed E-state index contributed by atoms with van der Waals surface area (Å²) in [4.78, 5) is 8.08. The van der Waals surface area contributed by atoms with Crippen LogP contribution in [0.25, 0.3) is 10.9 Å². The van der Waals surface area contributed by atoms with Crippen LogP contribution >= 0.6 is 0 Å². The van der Waals surface area contributed by atoms with E-state index in [-0.39, 0.29) is 12.1 Å². The second kappa shape index (κ2) is 6.39. The van der Waals surface area contributed by atoms with Gasteiger partial charge in [0.15, 0.2) is 0 Å². The van der Waals surface area contributed by atoms with Gasteiger partial charge in [0.25, 0.3) is 0 Å². The summed E-state index contributed by atoms with van der Waals surface area (Å²) >= 11 is 0. The second-order valence-corrected chi connectivity index (χ2v) is 6.11. The maximum absolute atomic E-state index is 6.02. The minimum atomic E-state index is 0.110. The predicted octanol–water partition coefficient (Wildman–Crippen LogP) is 2.99. The van der Waals surface area contributed by atoms with Gasteiger partial charge in [0, 0.05) is 36.3 Å². The summed E-state index contributed by atoms with van der Waals surface area (Å²) in [5.74, 6) is 1.50. The van der Waals surface area contributed by atoms with Crippen LogP contribution in [0.5, 0.6) is 5.75 Å². The van der Waals surface area contributed by atoms with Crippen molar-refractivity contribution in [3.63, 3.8) is 0 Å². The van der Waals surface area contributed by atoms with Crippen LogP contribution < -0.4 is 16.2 Å². The Bertz CT molecular complexity index is 869. The van der Waals surface area contributed by atoms with E-state index in [4.69, 9.17) is 16.2 Å². The Labute approximate surface area is 141 Å². The third-order valence-corrected chi connectivity index (χ3v) is 3.93. The topological polar surface area (TPSA) is 92.0 Å². The van der Waals surface area contributed by atoms with Gasteiger partial charge in [-0.15, -0.1) is 0 Å².